The van der Waals surface area contributed by atoms with Gasteiger partial charge in [-0.05, 0) is 49.6 Å². The fraction of sp³-hybridized carbons (Fsp3) is 0.350. The molecule has 2 aromatic rings. The largest absolute Gasteiger partial charge is 0.490 e. The van der Waals surface area contributed by atoms with Crippen molar-refractivity contribution in [2.75, 3.05) is 24.3 Å². The molecule has 0 aromatic heterocycles. The monoisotopic (exact) mass is 342 g/mol. The number of rotatable bonds is 8. The number of aryl methyl sites for hydroxylation is 1. The van der Waals surface area contributed by atoms with E-state index in [9.17, 15) is 4.79 Å². The van der Waals surface area contributed by atoms with Crippen LogP contribution >= 0.6 is 0 Å². The summed E-state index contributed by atoms with van der Waals surface area (Å²) in [6.45, 7) is 7.19. The summed E-state index contributed by atoms with van der Waals surface area (Å²) < 4.78 is 11.5. The van der Waals surface area contributed by atoms with E-state index in [1.54, 1.807) is 18.2 Å². The summed E-state index contributed by atoms with van der Waals surface area (Å²) in [5.41, 5.74) is 8.43. The second-order valence-corrected chi connectivity index (χ2v) is 5.89. The van der Waals surface area contributed by atoms with Crippen LogP contribution in [-0.4, -0.2) is 19.1 Å². The average molecular weight is 342 g/mol. The van der Waals surface area contributed by atoms with Gasteiger partial charge in [-0.1, -0.05) is 19.9 Å². The van der Waals surface area contributed by atoms with Gasteiger partial charge in [0.15, 0.2) is 11.5 Å². The van der Waals surface area contributed by atoms with E-state index in [2.05, 4.69) is 12.2 Å². The van der Waals surface area contributed by atoms with Crippen LogP contribution in [0.1, 0.15) is 42.6 Å². The van der Waals surface area contributed by atoms with E-state index in [1.165, 1.54) is 0 Å². The smallest absolute Gasteiger partial charge is 0.256 e. The Morgan fingerprint density at radius 3 is 2.36 bits per heavy atom. The lowest BCUT2D eigenvalue weighted by Crippen LogP contribution is -2.14. The van der Waals surface area contributed by atoms with Crippen LogP contribution in [0.4, 0.5) is 11.4 Å². The number of benzene rings is 2. The Labute approximate surface area is 149 Å². The van der Waals surface area contributed by atoms with E-state index in [-0.39, 0.29) is 5.91 Å². The third-order valence-electron chi connectivity index (χ3n) is 3.63. The maximum absolute atomic E-state index is 12.5. The van der Waals surface area contributed by atoms with Crippen LogP contribution < -0.4 is 20.5 Å². The Morgan fingerprint density at radius 2 is 1.68 bits per heavy atom. The molecular weight excluding hydrogens is 316 g/mol. The van der Waals surface area contributed by atoms with Crippen LogP contribution in [0.2, 0.25) is 0 Å². The van der Waals surface area contributed by atoms with Crippen molar-refractivity contribution in [1.82, 2.24) is 0 Å². The predicted octanol–water partition coefficient (Wildman–Crippen LogP) is 4.41. The van der Waals surface area contributed by atoms with Crippen molar-refractivity contribution in [3.63, 3.8) is 0 Å². The van der Waals surface area contributed by atoms with Crippen LogP contribution in [0.5, 0.6) is 11.5 Å². The Kier molecular flexibility index (Phi) is 6.69. The highest BCUT2D eigenvalue weighted by Crippen LogP contribution is 2.31. The molecule has 0 heterocycles. The van der Waals surface area contributed by atoms with E-state index in [0.717, 1.165) is 18.4 Å². The standard InChI is InChI=1S/C20H26N2O3/c1-4-10-24-18-9-8-16(13-19(18)25-11-5-2)22-20(23)17-12-15(21)7-6-14(17)3/h6-9,12-13H,4-5,10-11,21H2,1-3H3,(H,22,23). The molecule has 3 N–H and O–H groups in total. The Morgan fingerprint density at radius 1 is 1.00 bits per heavy atom. The number of nitrogen functional groups attached to an aromatic ring is 1. The van der Waals surface area contributed by atoms with Crippen LogP contribution in [-0.2, 0) is 0 Å². The zero-order chi connectivity index (χ0) is 18.2. The quantitative estimate of drug-likeness (QED) is 0.697. The Bertz CT molecular complexity index is 729. The lowest BCUT2D eigenvalue weighted by Gasteiger charge is -2.14. The van der Waals surface area contributed by atoms with Crippen molar-refractivity contribution >= 4 is 17.3 Å². The maximum atomic E-state index is 12.5. The van der Waals surface area contributed by atoms with Gasteiger partial charge in [0, 0.05) is 23.0 Å². The predicted molar refractivity (Wildman–Crippen MR) is 102 cm³/mol. The minimum absolute atomic E-state index is 0.200. The number of carbonyl (C=O) groups excluding carboxylic acids is 1. The van der Waals surface area contributed by atoms with Crippen molar-refractivity contribution in [1.29, 1.82) is 0 Å². The van der Waals surface area contributed by atoms with E-state index >= 15 is 0 Å². The first kappa shape index (κ1) is 18.6. The van der Waals surface area contributed by atoms with Crippen molar-refractivity contribution in [2.24, 2.45) is 0 Å². The normalized spacial score (nSPS) is 10.4. The van der Waals surface area contributed by atoms with Gasteiger partial charge in [0.25, 0.3) is 5.91 Å². The van der Waals surface area contributed by atoms with Crippen molar-refractivity contribution in [3.8, 4) is 11.5 Å². The summed E-state index contributed by atoms with van der Waals surface area (Å²) in [5.74, 6) is 1.12. The van der Waals surface area contributed by atoms with Crippen LogP contribution in [0.25, 0.3) is 0 Å². The molecule has 0 aliphatic heterocycles. The second-order valence-electron chi connectivity index (χ2n) is 5.89. The summed E-state index contributed by atoms with van der Waals surface area (Å²) >= 11 is 0. The first-order valence-electron chi connectivity index (χ1n) is 8.62. The number of ether oxygens (including phenoxy) is 2. The van der Waals surface area contributed by atoms with Crippen LogP contribution in [0.15, 0.2) is 36.4 Å². The zero-order valence-electron chi connectivity index (χ0n) is 15.1. The first-order valence-corrected chi connectivity index (χ1v) is 8.62. The van der Waals surface area contributed by atoms with Gasteiger partial charge >= 0.3 is 0 Å². The SMILES string of the molecule is CCCOc1ccc(NC(=O)c2cc(N)ccc2C)cc1OCCC. The van der Waals surface area contributed by atoms with Gasteiger partial charge in [0.1, 0.15) is 0 Å². The van der Waals surface area contributed by atoms with E-state index < -0.39 is 0 Å². The maximum Gasteiger partial charge on any atom is 0.256 e. The molecule has 2 rings (SSSR count). The van der Waals surface area contributed by atoms with Gasteiger partial charge in [0.2, 0.25) is 0 Å². The minimum Gasteiger partial charge on any atom is -0.490 e. The zero-order valence-corrected chi connectivity index (χ0v) is 15.1. The van der Waals surface area contributed by atoms with E-state index in [1.807, 2.05) is 32.0 Å². The molecule has 5 nitrogen and oxygen atoms in total. The topological polar surface area (TPSA) is 73.6 Å². The molecule has 0 atom stereocenters. The molecule has 0 fully saturated rings. The number of hydrogen-bond acceptors (Lipinski definition) is 4. The molecule has 2 aromatic carbocycles. The molecular formula is C20H26N2O3. The third-order valence-corrected chi connectivity index (χ3v) is 3.63. The number of amides is 1. The van der Waals surface area contributed by atoms with Gasteiger partial charge in [-0.3, -0.25) is 4.79 Å². The average Bonchev–Trinajstić information content (AvgIpc) is 2.61. The molecule has 0 aliphatic rings. The van der Waals surface area contributed by atoms with Gasteiger partial charge in [-0.15, -0.1) is 0 Å². The summed E-state index contributed by atoms with van der Waals surface area (Å²) in [7, 11) is 0. The molecule has 5 heteroatoms. The fourth-order valence-electron chi connectivity index (χ4n) is 2.32. The highest BCUT2D eigenvalue weighted by molar-refractivity contribution is 6.05. The highest BCUT2D eigenvalue weighted by Gasteiger charge is 2.12. The molecule has 134 valence electrons. The minimum atomic E-state index is -0.200. The first-order chi connectivity index (χ1) is 12.0. The van der Waals surface area contributed by atoms with Gasteiger partial charge in [-0.2, -0.15) is 0 Å². The van der Waals surface area contributed by atoms with Crippen molar-refractivity contribution in [2.45, 2.75) is 33.6 Å². The Hall–Kier alpha value is -2.69. The van der Waals surface area contributed by atoms with E-state index in [0.29, 0.717) is 41.7 Å². The van der Waals surface area contributed by atoms with Gasteiger partial charge < -0.3 is 20.5 Å². The molecule has 25 heavy (non-hydrogen) atoms. The number of anilines is 2. The molecule has 0 unspecified atom stereocenters. The van der Waals surface area contributed by atoms with Crippen molar-refractivity contribution < 1.29 is 14.3 Å². The van der Waals surface area contributed by atoms with Crippen LogP contribution in [0, 0.1) is 6.92 Å². The molecule has 0 saturated carbocycles. The lowest BCUT2D eigenvalue weighted by molar-refractivity contribution is 0.102. The summed E-state index contributed by atoms with van der Waals surface area (Å²) in [6, 6.07) is 10.7. The molecule has 0 bridgehead atoms. The fourth-order valence-corrected chi connectivity index (χ4v) is 2.32. The van der Waals surface area contributed by atoms with E-state index in [4.69, 9.17) is 15.2 Å². The third kappa shape index (κ3) is 5.14. The van der Waals surface area contributed by atoms with Gasteiger partial charge in [0.05, 0.1) is 13.2 Å². The Balaban J connectivity index is 2.20. The van der Waals surface area contributed by atoms with Crippen molar-refractivity contribution in [3.05, 3.63) is 47.5 Å². The number of nitrogens with two attached hydrogens (primary N) is 1. The molecule has 0 saturated heterocycles. The van der Waals surface area contributed by atoms with Crippen LogP contribution in [0.3, 0.4) is 0 Å². The lowest BCUT2D eigenvalue weighted by atomic mass is 10.1. The summed E-state index contributed by atoms with van der Waals surface area (Å²) in [5, 5.41) is 2.90. The molecule has 0 radical (unpaired) electrons. The number of nitrogens with one attached hydrogen (secondary N) is 1. The molecule has 0 aliphatic carbocycles. The highest BCUT2D eigenvalue weighted by atomic mass is 16.5. The molecule has 1 amide bonds. The van der Waals surface area contributed by atoms with Gasteiger partial charge in [-0.25, -0.2) is 0 Å². The summed E-state index contributed by atoms with van der Waals surface area (Å²) in [6.07, 6.45) is 1.81. The second kappa shape index (κ2) is 8.97. The molecule has 0 spiro atoms. The number of hydrogen-bond donors (Lipinski definition) is 2. The summed E-state index contributed by atoms with van der Waals surface area (Å²) in [4.78, 5) is 12.5. The number of carbonyl (C=O) groups is 1.